The summed E-state index contributed by atoms with van der Waals surface area (Å²) in [6.07, 6.45) is 3.71. The van der Waals surface area contributed by atoms with Crippen LogP contribution in [-0.4, -0.2) is 42.5 Å². The van der Waals surface area contributed by atoms with Crippen molar-refractivity contribution in [1.82, 2.24) is 15.2 Å². The zero-order chi connectivity index (χ0) is 18.5. The monoisotopic (exact) mass is 375 g/mol. The van der Waals surface area contributed by atoms with E-state index in [-0.39, 0.29) is 28.8 Å². The number of pyridine rings is 1. The fourth-order valence-corrected chi connectivity index (χ4v) is 3.36. The third-order valence-electron chi connectivity index (χ3n) is 4.63. The molecule has 1 aromatic carbocycles. The average molecular weight is 376 g/mol. The maximum atomic E-state index is 12.4. The summed E-state index contributed by atoms with van der Waals surface area (Å²) in [7, 11) is 1.41. The molecule has 1 amide bonds. The van der Waals surface area contributed by atoms with Crippen LogP contribution in [0.4, 0.5) is 0 Å². The molecule has 0 unspecified atom stereocenters. The molecule has 0 radical (unpaired) electrons. The maximum Gasteiger partial charge on any atom is 0.267 e. The van der Waals surface area contributed by atoms with Gasteiger partial charge in [-0.2, -0.15) is 0 Å². The number of methoxy groups -OCH3 is 1. The van der Waals surface area contributed by atoms with Crippen LogP contribution in [0.15, 0.2) is 41.3 Å². The number of amides is 1. The Morgan fingerprint density at radius 3 is 2.62 bits per heavy atom. The molecule has 1 atom stereocenters. The number of halogens is 1. The molecule has 0 aliphatic carbocycles. The van der Waals surface area contributed by atoms with Gasteiger partial charge in [0, 0.05) is 23.8 Å². The Hall–Kier alpha value is -2.31. The predicted octanol–water partition coefficient (Wildman–Crippen LogP) is 2.60. The van der Waals surface area contributed by atoms with Gasteiger partial charge in [0.15, 0.2) is 5.75 Å². The maximum absolute atomic E-state index is 12.4. The summed E-state index contributed by atoms with van der Waals surface area (Å²) in [5.41, 5.74) is 0.997. The van der Waals surface area contributed by atoms with E-state index in [2.05, 4.69) is 15.2 Å². The summed E-state index contributed by atoms with van der Waals surface area (Å²) in [6, 6.07) is 9.04. The first-order chi connectivity index (χ1) is 12.6. The van der Waals surface area contributed by atoms with Crippen LogP contribution in [0.1, 0.15) is 34.9 Å². The number of nitrogens with one attached hydrogen (secondary N) is 2. The van der Waals surface area contributed by atoms with E-state index in [9.17, 15) is 9.59 Å². The van der Waals surface area contributed by atoms with Gasteiger partial charge < -0.3 is 15.0 Å². The Labute approximate surface area is 157 Å². The smallest absolute Gasteiger partial charge is 0.267 e. The number of likely N-dealkylation sites (tertiary alicyclic amines) is 1. The summed E-state index contributed by atoms with van der Waals surface area (Å²) in [6.45, 7) is 2.46. The number of hydrogen-bond acceptors (Lipinski definition) is 4. The van der Waals surface area contributed by atoms with Crippen LogP contribution in [0.3, 0.4) is 0 Å². The molecule has 26 heavy (non-hydrogen) atoms. The predicted molar refractivity (Wildman–Crippen MR) is 101 cm³/mol. The molecule has 7 heteroatoms. The van der Waals surface area contributed by atoms with Crippen LogP contribution in [0.2, 0.25) is 5.02 Å². The fraction of sp³-hybridized carbons (Fsp3) is 0.368. The lowest BCUT2D eigenvalue weighted by atomic mass is 10.1. The molecule has 1 aliphatic rings. The Bertz CT molecular complexity index is 814. The average Bonchev–Trinajstić information content (AvgIpc) is 3.17. The zero-order valence-corrected chi connectivity index (χ0v) is 15.4. The number of ether oxygens (including phenoxy) is 1. The van der Waals surface area contributed by atoms with Gasteiger partial charge in [0.25, 0.3) is 5.91 Å². The van der Waals surface area contributed by atoms with Crippen molar-refractivity contribution in [2.24, 2.45) is 0 Å². The van der Waals surface area contributed by atoms with Crippen molar-refractivity contribution in [1.29, 1.82) is 0 Å². The Kier molecular flexibility index (Phi) is 5.96. The van der Waals surface area contributed by atoms with Gasteiger partial charge in [0.2, 0.25) is 5.43 Å². The van der Waals surface area contributed by atoms with E-state index >= 15 is 0 Å². The van der Waals surface area contributed by atoms with Crippen LogP contribution in [0.5, 0.6) is 5.75 Å². The highest BCUT2D eigenvalue weighted by atomic mass is 35.5. The van der Waals surface area contributed by atoms with E-state index in [4.69, 9.17) is 16.3 Å². The van der Waals surface area contributed by atoms with Gasteiger partial charge in [-0.05, 0) is 43.6 Å². The number of aromatic amines is 1. The number of carbonyl (C=O) groups is 1. The molecule has 1 aromatic heterocycles. The zero-order valence-electron chi connectivity index (χ0n) is 14.6. The van der Waals surface area contributed by atoms with E-state index < -0.39 is 0 Å². The first-order valence-electron chi connectivity index (χ1n) is 8.63. The van der Waals surface area contributed by atoms with Crippen LogP contribution < -0.4 is 15.5 Å². The number of aromatic nitrogens is 1. The normalized spacial score (nSPS) is 15.6. The number of nitrogens with zero attached hydrogens (tertiary/aromatic N) is 1. The summed E-state index contributed by atoms with van der Waals surface area (Å²) in [5, 5.41) is 3.62. The van der Waals surface area contributed by atoms with Gasteiger partial charge in [-0.15, -0.1) is 0 Å². The third-order valence-corrected chi connectivity index (χ3v) is 4.89. The standard InChI is InChI=1S/C19H22ClN3O3/c1-26-18-12-21-15(10-17(18)24)19(25)22-11-16(23-8-2-3-9-23)13-4-6-14(20)7-5-13/h4-7,10,12,16H,2-3,8-9,11H2,1H3,(H,21,24)(H,22,25)/t16-/m0/s1. The van der Waals surface area contributed by atoms with Crippen molar-refractivity contribution in [2.45, 2.75) is 18.9 Å². The molecule has 138 valence electrons. The van der Waals surface area contributed by atoms with Crippen LogP contribution in [-0.2, 0) is 0 Å². The number of rotatable bonds is 6. The van der Waals surface area contributed by atoms with Gasteiger partial charge in [0.1, 0.15) is 5.69 Å². The number of hydrogen-bond donors (Lipinski definition) is 2. The molecule has 3 rings (SSSR count). The van der Waals surface area contributed by atoms with Crippen molar-refractivity contribution in [3.05, 3.63) is 63.0 Å². The van der Waals surface area contributed by atoms with Gasteiger partial charge in [-0.1, -0.05) is 23.7 Å². The minimum atomic E-state index is -0.329. The van der Waals surface area contributed by atoms with Crippen LogP contribution in [0.25, 0.3) is 0 Å². The van der Waals surface area contributed by atoms with Gasteiger partial charge in [0.05, 0.1) is 13.2 Å². The second-order valence-electron chi connectivity index (χ2n) is 6.30. The largest absolute Gasteiger partial charge is 0.491 e. The van der Waals surface area contributed by atoms with Crippen LogP contribution >= 0.6 is 11.6 Å². The quantitative estimate of drug-likeness (QED) is 0.813. The van der Waals surface area contributed by atoms with E-state index in [1.165, 1.54) is 19.4 Å². The molecular weight excluding hydrogens is 354 g/mol. The molecule has 2 heterocycles. The molecule has 2 N–H and O–H groups in total. The number of H-pyrrole nitrogens is 1. The first kappa shape index (κ1) is 18.5. The van der Waals surface area contributed by atoms with Crippen molar-refractivity contribution >= 4 is 17.5 Å². The van der Waals surface area contributed by atoms with Crippen molar-refractivity contribution in [2.75, 3.05) is 26.7 Å². The van der Waals surface area contributed by atoms with E-state index in [0.717, 1.165) is 31.5 Å². The second-order valence-corrected chi connectivity index (χ2v) is 6.74. The highest BCUT2D eigenvalue weighted by Crippen LogP contribution is 2.25. The lowest BCUT2D eigenvalue weighted by molar-refractivity contribution is 0.0932. The van der Waals surface area contributed by atoms with E-state index in [0.29, 0.717) is 11.6 Å². The molecule has 1 aliphatic heterocycles. The topological polar surface area (TPSA) is 74.4 Å². The second kappa shape index (κ2) is 8.38. The minimum Gasteiger partial charge on any atom is -0.491 e. The van der Waals surface area contributed by atoms with E-state index in [1.807, 2.05) is 24.3 Å². The van der Waals surface area contributed by atoms with Crippen molar-refractivity contribution in [3.63, 3.8) is 0 Å². The van der Waals surface area contributed by atoms with Gasteiger partial charge in [-0.3, -0.25) is 14.5 Å². The minimum absolute atomic E-state index is 0.0729. The van der Waals surface area contributed by atoms with E-state index in [1.54, 1.807) is 0 Å². The fourth-order valence-electron chi connectivity index (χ4n) is 3.23. The number of carbonyl (C=O) groups excluding carboxylic acids is 1. The van der Waals surface area contributed by atoms with Crippen LogP contribution in [0, 0.1) is 0 Å². The molecule has 0 saturated carbocycles. The summed E-state index contributed by atoms with van der Waals surface area (Å²) >= 11 is 6.00. The Balaban J connectivity index is 1.72. The molecule has 0 spiro atoms. The van der Waals surface area contributed by atoms with Crippen molar-refractivity contribution < 1.29 is 9.53 Å². The SMILES string of the molecule is COc1c[nH]c(C(=O)NC[C@@H](c2ccc(Cl)cc2)N2CCCC2)cc1=O. The highest BCUT2D eigenvalue weighted by molar-refractivity contribution is 6.30. The van der Waals surface area contributed by atoms with Gasteiger partial charge >= 0.3 is 0 Å². The summed E-state index contributed by atoms with van der Waals surface area (Å²) in [5.74, 6) is -0.138. The Morgan fingerprint density at radius 1 is 1.31 bits per heavy atom. The molecule has 2 aromatic rings. The molecule has 1 fully saturated rings. The van der Waals surface area contributed by atoms with Gasteiger partial charge in [-0.25, -0.2) is 0 Å². The lowest BCUT2D eigenvalue weighted by Crippen LogP contribution is -2.37. The number of benzene rings is 1. The summed E-state index contributed by atoms with van der Waals surface area (Å²) < 4.78 is 4.92. The molecule has 0 bridgehead atoms. The summed E-state index contributed by atoms with van der Waals surface area (Å²) in [4.78, 5) is 29.4. The molecular formula is C19H22ClN3O3. The first-order valence-corrected chi connectivity index (χ1v) is 9.00. The highest BCUT2D eigenvalue weighted by Gasteiger charge is 2.24. The Morgan fingerprint density at radius 2 is 2.00 bits per heavy atom. The lowest BCUT2D eigenvalue weighted by Gasteiger charge is -2.28. The molecule has 6 nitrogen and oxygen atoms in total. The van der Waals surface area contributed by atoms with Crippen molar-refractivity contribution in [3.8, 4) is 5.75 Å². The third kappa shape index (κ3) is 4.26. The molecule has 1 saturated heterocycles.